The highest BCUT2D eigenvalue weighted by molar-refractivity contribution is 5.75. The number of hydrogen-bond donors (Lipinski definition) is 4. The monoisotopic (exact) mass is 466 g/mol. The van der Waals surface area contributed by atoms with Gasteiger partial charge in [0.05, 0.1) is 30.3 Å². The molecule has 4 aliphatic rings. The first-order valence-electron chi connectivity index (χ1n) is 13.3. The molecule has 1 heterocycles. The smallest absolute Gasteiger partial charge is 0.309 e. The van der Waals surface area contributed by atoms with Gasteiger partial charge in [0, 0.05) is 11.8 Å². The molecular formula is C27H46O6. The molecule has 0 spiro atoms. The molecule has 33 heavy (non-hydrogen) atoms. The number of rotatable bonds is 5. The Kier molecular flexibility index (Phi) is 6.74. The standard InChI is InChI=1S/C27H46O6/c1-13(2)14(3)22(30)23(31)15(4)16-7-8-17-24-18(9-10-26(16,17)5)27(6)12-21(29)20(28)11-19(27)25(32)33-24/h13-24,28-31H,7-12H2,1-6H3/t14-,15+,16-,17?,18?,19?,20+,21-,22-,23-,24?,26-,27-/m1/s1. The normalized spacial score (nSPS) is 48.8. The molecule has 0 aromatic heterocycles. The van der Waals surface area contributed by atoms with Crippen molar-refractivity contribution in [3.63, 3.8) is 0 Å². The highest BCUT2D eigenvalue weighted by Crippen LogP contribution is 2.65. The van der Waals surface area contributed by atoms with Crippen LogP contribution in [0.15, 0.2) is 0 Å². The van der Waals surface area contributed by atoms with Crippen LogP contribution in [0.25, 0.3) is 0 Å². The number of aliphatic hydroxyl groups is 4. The molecule has 13 atom stereocenters. The fourth-order valence-electron chi connectivity index (χ4n) is 8.49. The van der Waals surface area contributed by atoms with Crippen molar-refractivity contribution in [1.82, 2.24) is 0 Å². The summed E-state index contributed by atoms with van der Waals surface area (Å²) in [5.74, 6) is 0.375. The van der Waals surface area contributed by atoms with Gasteiger partial charge in [-0.05, 0) is 73.0 Å². The lowest BCUT2D eigenvalue weighted by Crippen LogP contribution is -2.62. The highest BCUT2D eigenvalue weighted by atomic mass is 16.5. The predicted molar refractivity (Wildman–Crippen MR) is 125 cm³/mol. The van der Waals surface area contributed by atoms with Crippen molar-refractivity contribution in [3.05, 3.63) is 0 Å². The molecule has 0 aromatic carbocycles. The van der Waals surface area contributed by atoms with Gasteiger partial charge in [-0.2, -0.15) is 0 Å². The summed E-state index contributed by atoms with van der Waals surface area (Å²) in [5.41, 5.74) is -0.412. The van der Waals surface area contributed by atoms with Crippen LogP contribution in [0.2, 0.25) is 0 Å². The quantitative estimate of drug-likeness (QED) is 0.464. The van der Waals surface area contributed by atoms with E-state index in [1.807, 2.05) is 6.92 Å². The van der Waals surface area contributed by atoms with Crippen LogP contribution in [0.1, 0.15) is 80.1 Å². The Balaban J connectivity index is 1.56. The van der Waals surface area contributed by atoms with E-state index >= 15 is 0 Å². The fourth-order valence-corrected chi connectivity index (χ4v) is 8.49. The van der Waals surface area contributed by atoms with Crippen molar-refractivity contribution in [2.24, 2.45) is 52.3 Å². The number of carbonyl (C=O) groups is 1. The Morgan fingerprint density at radius 1 is 0.909 bits per heavy atom. The Labute approximate surface area is 199 Å². The first-order valence-corrected chi connectivity index (χ1v) is 13.3. The molecule has 6 nitrogen and oxygen atoms in total. The second-order valence-electron chi connectivity index (χ2n) is 12.9. The minimum atomic E-state index is -0.862. The molecule has 0 amide bonds. The van der Waals surface area contributed by atoms with Crippen molar-refractivity contribution in [1.29, 1.82) is 0 Å². The molecule has 0 aromatic rings. The lowest BCUT2D eigenvalue weighted by Gasteiger charge is -2.60. The van der Waals surface area contributed by atoms with Crippen molar-refractivity contribution >= 4 is 5.97 Å². The van der Waals surface area contributed by atoms with E-state index in [9.17, 15) is 25.2 Å². The maximum atomic E-state index is 13.1. The molecule has 1 saturated heterocycles. The molecule has 6 heteroatoms. The van der Waals surface area contributed by atoms with Gasteiger partial charge in [0.25, 0.3) is 0 Å². The Morgan fingerprint density at radius 3 is 2.18 bits per heavy atom. The van der Waals surface area contributed by atoms with Crippen molar-refractivity contribution in [3.8, 4) is 0 Å². The third kappa shape index (κ3) is 3.88. The first-order chi connectivity index (χ1) is 15.3. The third-order valence-corrected chi connectivity index (χ3v) is 11.1. The van der Waals surface area contributed by atoms with Gasteiger partial charge in [-0.25, -0.2) is 0 Å². The lowest BCUT2D eigenvalue weighted by atomic mass is 9.49. The number of carbonyl (C=O) groups excluding carboxylic acids is 1. The zero-order valence-electron chi connectivity index (χ0n) is 21.3. The SMILES string of the molecule is CC(C)[C@@H](C)[C@@H](O)[C@H](O)[C@@H](C)[C@H]1CCC2C3OC(=O)C4C[C@H](O)[C@H](O)C[C@]4(C)C3CC[C@@]21C. The first kappa shape index (κ1) is 25.4. The molecule has 190 valence electrons. The van der Waals surface area contributed by atoms with E-state index < -0.39 is 24.4 Å². The van der Waals surface area contributed by atoms with Crippen LogP contribution < -0.4 is 0 Å². The molecule has 3 aliphatic carbocycles. The second kappa shape index (κ2) is 8.76. The van der Waals surface area contributed by atoms with E-state index in [1.54, 1.807) is 0 Å². The van der Waals surface area contributed by atoms with Gasteiger partial charge in [0.1, 0.15) is 6.10 Å². The molecule has 1 aliphatic heterocycles. The van der Waals surface area contributed by atoms with Crippen LogP contribution in [0.5, 0.6) is 0 Å². The average molecular weight is 467 g/mol. The molecular weight excluding hydrogens is 420 g/mol. The average Bonchev–Trinajstić information content (AvgIpc) is 3.10. The number of aliphatic hydroxyl groups excluding tert-OH is 4. The van der Waals surface area contributed by atoms with Gasteiger partial charge in [-0.3, -0.25) is 4.79 Å². The largest absolute Gasteiger partial charge is 0.462 e. The third-order valence-electron chi connectivity index (χ3n) is 11.1. The van der Waals surface area contributed by atoms with Gasteiger partial charge in [-0.15, -0.1) is 0 Å². The number of fused-ring (bicyclic) bond motifs is 5. The highest BCUT2D eigenvalue weighted by Gasteiger charge is 2.65. The van der Waals surface area contributed by atoms with E-state index in [4.69, 9.17) is 4.74 Å². The lowest BCUT2D eigenvalue weighted by molar-refractivity contribution is -0.226. The van der Waals surface area contributed by atoms with E-state index in [0.717, 1.165) is 25.7 Å². The van der Waals surface area contributed by atoms with Crippen LogP contribution in [0.3, 0.4) is 0 Å². The minimum Gasteiger partial charge on any atom is -0.462 e. The summed E-state index contributed by atoms with van der Waals surface area (Å²) < 4.78 is 6.15. The second-order valence-corrected chi connectivity index (χ2v) is 12.9. The molecule has 0 bridgehead atoms. The Hall–Kier alpha value is -0.690. The van der Waals surface area contributed by atoms with Gasteiger partial charge in [0.15, 0.2) is 0 Å². The Bertz CT molecular complexity index is 740. The maximum Gasteiger partial charge on any atom is 0.309 e. The molecule has 3 saturated carbocycles. The van der Waals surface area contributed by atoms with E-state index in [-0.39, 0.29) is 64.8 Å². The van der Waals surface area contributed by atoms with Crippen LogP contribution >= 0.6 is 0 Å². The summed E-state index contributed by atoms with van der Waals surface area (Å²) in [4.78, 5) is 13.1. The molecule has 4 N–H and O–H groups in total. The summed E-state index contributed by atoms with van der Waals surface area (Å²) in [7, 11) is 0. The minimum absolute atomic E-state index is 0.0208. The molecule has 4 unspecified atom stereocenters. The maximum absolute atomic E-state index is 13.1. The summed E-state index contributed by atoms with van der Waals surface area (Å²) in [6.07, 6.45) is 1.21. The molecule has 4 fully saturated rings. The molecule has 0 radical (unpaired) electrons. The van der Waals surface area contributed by atoms with Gasteiger partial charge in [0.2, 0.25) is 0 Å². The summed E-state index contributed by atoms with van der Waals surface area (Å²) >= 11 is 0. The van der Waals surface area contributed by atoms with Crippen molar-refractivity contribution < 1.29 is 30.0 Å². The topological polar surface area (TPSA) is 107 Å². The summed E-state index contributed by atoms with van der Waals surface area (Å²) in [6, 6.07) is 0. The zero-order valence-corrected chi connectivity index (χ0v) is 21.3. The Morgan fingerprint density at radius 2 is 1.55 bits per heavy atom. The number of hydrogen-bond acceptors (Lipinski definition) is 6. The number of ether oxygens (including phenoxy) is 1. The fraction of sp³-hybridized carbons (Fsp3) is 0.963. The summed E-state index contributed by atoms with van der Waals surface area (Å²) in [5, 5.41) is 42.6. The van der Waals surface area contributed by atoms with E-state index in [0.29, 0.717) is 12.3 Å². The van der Waals surface area contributed by atoms with E-state index in [1.165, 1.54) is 0 Å². The zero-order chi connectivity index (χ0) is 24.5. The van der Waals surface area contributed by atoms with Gasteiger partial charge < -0.3 is 25.2 Å². The van der Waals surface area contributed by atoms with Crippen LogP contribution in [-0.2, 0) is 9.53 Å². The molecule has 4 rings (SSSR count). The van der Waals surface area contributed by atoms with E-state index in [2.05, 4.69) is 34.6 Å². The van der Waals surface area contributed by atoms with Crippen LogP contribution in [0.4, 0.5) is 0 Å². The van der Waals surface area contributed by atoms with Crippen LogP contribution in [0, 0.1) is 52.3 Å². The number of esters is 1. The van der Waals surface area contributed by atoms with Gasteiger partial charge in [-0.1, -0.05) is 41.5 Å². The van der Waals surface area contributed by atoms with Crippen molar-refractivity contribution in [2.75, 3.05) is 0 Å². The summed E-state index contributed by atoms with van der Waals surface area (Å²) in [6.45, 7) is 12.7. The predicted octanol–water partition coefficient (Wildman–Crippen LogP) is 3.14. The van der Waals surface area contributed by atoms with Crippen LogP contribution in [-0.4, -0.2) is 56.9 Å². The van der Waals surface area contributed by atoms with Gasteiger partial charge >= 0.3 is 5.97 Å². The van der Waals surface area contributed by atoms with Crippen molar-refractivity contribution in [2.45, 2.75) is 111 Å².